The van der Waals surface area contributed by atoms with E-state index in [0.29, 0.717) is 29.4 Å². The number of aliphatic hydroxyl groups is 1. The number of nitrogens with zero attached hydrogens (tertiary/aromatic N) is 3. The van der Waals surface area contributed by atoms with Crippen molar-refractivity contribution in [2.75, 3.05) is 20.2 Å². The number of hydrogen-bond acceptors (Lipinski definition) is 7. The first-order valence-corrected chi connectivity index (χ1v) is 19.4. The summed E-state index contributed by atoms with van der Waals surface area (Å²) < 4.78 is 13.8. The van der Waals surface area contributed by atoms with Crippen LogP contribution in [0.15, 0.2) is 83.4 Å². The molecule has 3 amide bonds. The topological polar surface area (TPSA) is 117 Å². The van der Waals surface area contributed by atoms with Gasteiger partial charge in [0.05, 0.1) is 24.6 Å². The van der Waals surface area contributed by atoms with Crippen LogP contribution in [-0.2, 0) is 35.1 Å². The summed E-state index contributed by atoms with van der Waals surface area (Å²) in [6.45, 7) is 1.78. The Morgan fingerprint density at radius 2 is 1.62 bits per heavy atom. The highest BCUT2D eigenvalue weighted by atomic mass is 79.9. The Hall–Kier alpha value is -3.80. The van der Waals surface area contributed by atoms with Crippen LogP contribution >= 0.6 is 15.9 Å². The van der Waals surface area contributed by atoms with Crippen LogP contribution in [0.2, 0.25) is 0 Å². The van der Waals surface area contributed by atoms with Gasteiger partial charge in [-0.3, -0.25) is 19.2 Å². The molecule has 1 saturated carbocycles. The molecule has 0 radical (unpaired) electrons. The summed E-state index contributed by atoms with van der Waals surface area (Å²) in [6.07, 6.45) is 9.85. The van der Waals surface area contributed by atoms with Gasteiger partial charge in [0.2, 0.25) is 17.7 Å². The number of likely N-dealkylation sites (N-methyl/N-ethyl adjacent to an activating group) is 1. The molecule has 8 atom stereocenters. The van der Waals surface area contributed by atoms with Crippen molar-refractivity contribution in [3.63, 3.8) is 0 Å². The summed E-state index contributed by atoms with van der Waals surface area (Å²) in [5.74, 6) is -3.53. The third-order valence-corrected chi connectivity index (χ3v) is 12.6. The van der Waals surface area contributed by atoms with E-state index < -0.39 is 59.6 Å². The van der Waals surface area contributed by atoms with Crippen LogP contribution in [0.25, 0.3) is 0 Å². The third-order valence-electron chi connectivity index (χ3n) is 11.9. The van der Waals surface area contributed by atoms with E-state index in [-0.39, 0.29) is 30.9 Å². The van der Waals surface area contributed by atoms with Crippen molar-refractivity contribution in [3.05, 3.63) is 94.5 Å². The molecule has 1 spiro atoms. The van der Waals surface area contributed by atoms with Gasteiger partial charge in [0.25, 0.3) is 0 Å². The molecule has 3 fully saturated rings. The number of cyclic esters (lactones) is 1. The first-order chi connectivity index (χ1) is 25.2. The standard InChI is InChI=1S/C41H48BrN3O7/c1-26-35(28-17-9-4-10-18-28)51-40(50)33-34-38(48)45(30(25-46)23-27-15-7-3-8-16-27)37(41(34)24-31(42)36(33)52-41)39(49)44(29-19-11-5-12-20-29)22-14-6-13-21-32(47)43(26)2/h3-4,6-10,14-18,24,26,29-30,33-37,46H,5,11-13,19-23,25H2,1-2H3/b14-6-/t26-,30+,33+,34-,35+,36+,37+,41-/m0/s1. The first kappa shape index (κ1) is 36.6. The van der Waals surface area contributed by atoms with Crippen LogP contribution in [0.5, 0.6) is 0 Å². The van der Waals surface area contributed by atoms with Gasteiger partial charge < -0.3 is 29.3 Å². The zero-order valence-electron chi connectivity index (χ0n) is 29.8. The highest BCUT2D eigenvalue weighted by Gasteiger charge is 2.75. The summed E-state index contributed by atoms with van der Waals surface area (Å²) in [5.41, 5.74) is 0.164. The van der Waals surface area contributed by atoms with Gasteiger partial charge in [0, 0.05) is 30.5 Å². The van der Waals surface area contributed by atoms with E-state index in [0.717, 1.165) is 37.7 Å². The lowest BCUT2D eigenvalue weighted by molar-refractivity contribution is -0.164. The van der Waals surface area contributed by atoms with Crippen LogP contribution in [0.4, 0.5) is 0 Å². The SMILES string of the molecule is C[C@H]1[C@H](c2ccccc2)OC(=O)[C@H]2[C@@H]3O[C@@]4(C=C3Br)[C@@H]2C(=O)N([C@@H](CO)Cc2ccccc2)[C@@H]4C(=O)N(C2CCCCC2)C/C=C\CCC(=O)N1C. The molecule has 4 aliphatic heterocycles. The molecule has 5 aliphatic rings. The van der Waals surface area contributed by atoms with E-state index >= 15 is 9.59 Å². The lowest BCUT2D eigenvalue weighted by Gasteiger charge is -2.42. The molecular formula is C41H48BrN3O7. The van der Waals surface area contributed by atoms with E-state index in [1.165, 1.54) is 4.90 Å². The maximum absolute atomic E-state index is 15.3. The number of ether oxygens (including phenoxy) is 2. The molecule has 2 aromatic rings. The number of allylic oxidation sites excluding steroid dienone is 1. The van der Waals surface area contributed by atoms with Crippen molar-refractivity contribution in [3.8, 4) is 0 Å². The lowest BCUT2D eigenvalue weighted by Crippen LogP contribution is -2.60. The van der Waals surface area contributed by atoms with Gasteiger partial charge in [0.15, 0.2) is 0 Å². The van der Waals surface area contributed by atoms with E-state index in [1.54, 1.807) is 11.9 Å². The van der Waals surface area contributed by atoms with E-state index in [4.69, 9.17) is 9.47 Å². The molecular weight excluding hydrogens is 726 g/mol. The number of amides is 3. The molecule has 0 unspecified atom stereocenters. The molecule has 11 heteroatoms. The number of esters is 1. The van der Waals surface area contributed by atoms with Gasteiger partial charge in [-0.05, 0) is 49.8 Å². The predicted octanol–water partition coefficient (Wildman–Crippen LogP) is 5.11. The first-order valence-electron chi connectivity index (χ1n) is 18.7. The Labute approximate surface area is 313 Å². The van der Waals surface area contributed by atoms with Crippen molar-refractivity contribution < 1.29 is 33.8 Å². The molecule has 7 rings (SSSR count). The summed E-state index contributed by atoms with van der Waals surface area (Å²) in [5, 5.41) is 10.9. The van der Waals surface area contributed by atoms with Gasteiger partial charge in [-0.1, -0.05) is 108 Å². The number of halogens is 1. The number of benzene rings is 2. The third kappa shape index (κ3) is 6.53. The van der Waals surface area contributed by atoms with Crippen molar-refractivity contribution in [2.45, 2.75) is 100 Å². The van der Waals surface area contributed by atoms with Crippen LogP contribution < -0.4 is 0 Å². The quantitative estimate of drug-likeness (QED) is 0.321. The summed E-state index contributed by atoms with van der Waals surface area (Å²) >= 11 is 3.67. The van der Waals surface area contributed by atoms with Gasteiger partial charge in [-0.25, -0.2) is 0 Å². The van der Waals surface area contributed by atoms with Crippen molar-refractivity contribution in [1.29, 1.82) is 0 Å². The van der Waals surface area contributed by atoms with Crippen LogP contribution in [0.3, 0.4) is 0 Å². The number of hydrogen-bond donors (Lipinski definition) is 1. The molecule has 2 saturated heterocycles. The fourth-order valence-electron chi connectivity index (χ4n) is 9.12. The average Bonchev–Trinajstić information content (AvgIpc) is 3.77. The van der Waals surface area contributed by atoms with Gasteiger partial charge in [0.1, 0.15) is 29.8 Å². The molecule has 0 aromatic heterocycles. The maximum Gasteiger partial charge on any atom is 0.313 e. The Morgan fingerprint density at radius 3 is 2.31 bits per heavy atom. The molecule has 52 heavy (non-hydrogen) atoms. The number of carbonyl (C=O) groups is 4. The number of carbonyl (C=O) groups excluding carboxylic acids is 4. The van der Waals surface area contributed by atoms with E-state index in [2.05, 4.69) is 15.9 Å². The Bertz CT molecular complexity index is 1710. The summed E-state index contributed by atoms with van der Waals surface area (Å²) in [7, 11) is 1.72. The monoisotopic (exact) mass is 773 g/mol. The zero-order valence-corrected chi connectivity index (χ0v) is 31.4. The number of likely N-dealkylation sites (tertiary alicyclic amines) is 1. The van der Waals surface area contributed by atoms with E-state index in [1.807, 2.05) is 90.7 Å². The van der Waals surface area contributed by atoms with Crippen molar-refractivity contribution >= 4 is 39.6 Å². The molecule has 4 heterocycles. The fourth-order valence-corrected chi connectivity index (χ4v) is 9.85. The number of rotatable bonds is 6. The summed E-state index contributed by atoms with van der Waals surface area (Å²) in [6, 6.07) is 16.5. The van der Waals surface area contributed by atoms with Gasteiger partial charge in [-0.2, -0.15) is 0 Å². The Balaban J connectivity index is 1.35. The fraction of sp³-hybridized carbons (Fsp3) is 0.512. The second-order valence-electron chi connectivity index (χ2n) is 14.9. The number of aliphatic hydroxyl groups excluding tert-OH is 1. The second-order valence-corrected chi connectivity index (χ2v) is 15.8. The molecule has 5 bridgehead atoms. The smallest absolute Gasteiger partial charge is 0.313 e. The zero-order chi connectivity index (χ0) is 36.6. The average molecular weight is 775 g/mol. The predicted molar refractivity (Wildman–Crippen MR) is 198 cm³/mol. The van der Waals surface area contributed by atoms with E-state index in [9.17, 15) is 14.7 Å². The van der Waals surface area contributed by atoms with Crippen LogP contribution in [-0.4, -0.2) is 99.6 Å². The molecule has 10 nitrogen and oxygen atoms in total. The Morgan fingerprint density at radius 1 is 0.923 bits per heavy atom. The minimum atomic E-state index is -1.46. The molecule has 1 N–H and O–H groups in total. The molecule has 2 aromatic carbocycles. The van der Waals surface area contributed by atoms with Crippen LogP contribution in [0.1, 0.15) is 69.1 Å². The minimum Gasteiger partial charge on any atom is -0.455 e. The second kappa shape index (κ2) is 15.3. The highest BCUT2D eigenvalue weighted by molar-refractivity contribution is 9.11. The van der Waals surface area contributed by atoms with Crippen LogP contribution in [0, 0.1) is 11.8 Å². The van der Waals surface area contributed by atoms with Gasteiger partial charge >= 0.3 is 5.97 Å². The van der Waals surface area contributed by atoms with Crippen molar-refractivity contribution in [1.82, 2.24) is 14.7 Å². The highest BCUT2D eigenvalue weighted by Crippen LogP contribution is 2.59. The van der Waals surface area contributed by atoms with Gasteiger partial charge in [-0.15, -0.1) is 0 Å². The minimum absolute atomic E-state index is 0.0471. The van der Waals surface area contributed by atoms with Crippen molar-refractivity contribution in [2.24, 2.45) is 11.8 Å². The molecule has 1 aliphatic carbocycles. The molecule has 276 valence electrons. The lowest BCUT2D eigenvalue weighted by atomic mass is 9.74. The largest absolute Gasteiger partial charge is 0.455 e. The normalized spacial score (nSPS) is 32.8. The number of fused-ring (bicyclic) bond motifs is 2. The maximum atomic E-state index is 15.3. The summed E-state index contributed by atoms with van der Waals surface area (Å²) in [4.78, 5) is 63.5. The Kier molecular flexibility index (Phi) is 10.7.